The molecule has 4 fully saturated rings. The normalized spacial score (nSPS) is 66.0. The topological polar surface area (TPSA) is 0 Å². The first-order valence-corrected chi connectivity index (χ1v) is 5.89. The van der Waals surface area contributed by atoms with Crippen molar-refractivity contribution in [1.29, 1.82) is 0 Å². The molecule has 0 aromatic rings. The second-order valence-corrected chi connectivity index (χ2v) is 6.87. The van der Waals surface area contributed by atoms with Crippen LogP contribution in [0.25, 0.3) is 0 Å². The van der Waals surface area contributed by atoms with Crippen molar-refractivity contribution in [2.75, 3.05) is 0 Å². The van der Waals surface area contributed by atoms with Gasteiger partial charge in [-0.2, -0.15) is 0 Å². The smallest absolute Gasteiger partial charge is 0.0409 e. The predicted octanol–water partition coefficient (Wildman–Crippen LogP) is 3.17. The second-order valence-electron chi connectivity index (χ2n) is 4.08. The van der Waals surface area contributed by atoms with Gasteiger partial charge in [-0.05, 0) is 31.1 Å². The highest BCUT2D eigenvalue weighted by Gasteiger charge is 2.74. The van der Waals surface area contributed by atoms with Gasteiger partial charge in [0.05, 0.1) is 0 Å². The zero-order valence-corrected chi connectivity index (χ0v) is 9.41. The summed E-state index contributed by atoms with van der Waals surface area (Å²) in [6.07, 6.45) is 8.95. The molecule has 0 N–H and O–H groups in total. The van der Waals surface area contributed by atoms with Gasteiger partial charge in [0.25, 0.3) is 0 Å². The molecule has 2 atom stereocenters. The summed E-state index contributed by atoms with van der Waals surface area (Å²) in [5.74, 6) is 1.68. The third kappa shape index (κ3) is 0.611. The highest BCUT2D eigenvalue weighted by Crippen LogP contribution is 2.75. The van der Waals surface area contributed by atoms with E-state index in [1.54, 1.807) is 0 Å². The fourth-order valence-electron chi connectivity index (χ4n) is 3.28. The Morgan fingerprint density at radius 2 is 1.82 bits per heavy atom. The fraction of sp³-hybridized carbons (Fsp3) is 0.889. The third-order valence-corrected chi connectivity index (χ3v) is 6.56. The molecule has 0 nitrogen and oxygen atoms in total. The van der Waals surface area contributed by atoms with E-state index < -0.39 is 0 Å². The average Bonchev–Trinajstić information content (AvgIpc) is 2.42. The average molecular weight is 278 g/mol. The van der Waals surface area contributed by atoms with E-state index in [1.807, 2.05) is 0 Å². The molecule has 4 rings (SSSR count). The van der Waals surface area contributed by atoms with Crippen LogP contribution < -0.4 is 0 Å². The van der Waals surface area contributed by atoms with Crippen LogP contribution in [0.3, 0.4) is 0 Å². The lowest BCUT2D eigenvalue weighted by atomic mass is 9.55. The fourth-order valence-corrected chi connectivity index (χ4v) is 6.63. The molecule has 0 spiro atoms. The Hall–Kier alpha value is 0.960. The highest BCUT2D eigenvalue weighted by atomic mass is 79.9. The third-order valence-electron chi connectivity index (χ3n) is 3.79. The largest absolute Gasteiger partial charge is 0.0846 e. The first-order chi connectivity index (χ1) is 5.18. The Kier molecular flexibility index (Phi) is 1.27. The first kappa shape index (κ1) is 7.37. The van der Waals surface area contributed by atoms with Crippen LogP contribution in [0.5, 0.6) is 0 Å². The van der Waals surface area contributed by atoms with Gasteiger partial charge in [-0.15, -0.1) is 0 Å². The van der Waals surface area contributed by atoms with E-state index in [4.69, 9.17) is 0 Å². The molecule has 0 aromatic carbocycles. The molecule has 60 valence electrons. The number of alkyl halides is 2. The summed E-state index contributed by atoms with van der Waals surface area (Å²) in [6.45, 7) is 0. The van der Waals surface area contributed by atoms with Crippen LogP contribution in [-0.4, -0.2) is 8.65 Å². The molecule has 4 saturated carbocycles. The van der Waals surface area contributed by atoms with Gasteiger partial charge >= 0.3 is 0 Å². The van der Waals surface area contributed by atoms with Crippen molar-refractivity contribution in [2.24, 2.45) is 11.8 Å². The van der Waals surface area contributed by atoms with E-state index in [9.17, 15) is 0 Å². The lowest BCUT2D eigenvalue weighted by Gasteiger charge is -2.60. The maximum atomic E-state index is 3.89. The van der Waals surface area contributed by atoms with Crippen LogP contribution in [-0.2, 0) is 0 Å². The molecular weight excluding hydrogens is 268 g/mol. The van der Waals surface area contributed by atoms with Crippen LogP contribution >= 0.6 is 31.9 Å². The molecule has 0 amide bonds. The van der Waals surface area contributed by atoms with Crippen LogP contribution in [0.2, 0.25) is 0 Å². The van der Waals surface area contributed by atoms with Crippen molar-refractivity contribution in [3.8, 4) is 0 Å². The monoisotopic (exact) mass is 276 g/mol. The zero-order valence-electron chi connectivity index (χ0n) is 6.24. The van der Waals surface area contributed by atoms with Crippen molar-refractivity contribution in [2.45, 2.75) is 34.3 Å². The SMILES string of the molecule is BrC12[C]CC3(Br)C1CCCC23. The molecule has 4 aliphatic carbocycles. The standard InChI is InChI=1S/C9H10Br2/c10-8-4-5-9(11)6(8)2-1-3-7(8)9/h6-7H,1-4H2. The number of hydrogen-bond donors (Lipinski definition) is 0. The van der Waals surface area contributed by atoms with Gasteiger partial charge in [0.15, 0.2) is 0 Å². The molecule has 0 aromatic heterocycles. The summed E-state index contributed by atoms with van der Waals surface area (Å²) < 4.78 is 0.795. The molecule has 4 bridgehead atoms. The molecular formula is C9H10Br2. The summed E-state index contributed by atoms with van der Waals surface area (Å²) in [7, 11) is 0. The molecule has 11 heavy (non-hydrogen) atoms. The zero-order chi connectivity index (χ0) is 7.69. The van der Waals surface area contributed by atoms with E-state index in [2.05, 4.69) is 38.3 Å². The van der Waals surface area contributed by atoms with Gasteiger partial charge < -0.3 is 0 Å². The van der Waals surface area contributed by atoms with Crippen molar-refractivity contribution >= 4 is 31.9 Å². The summed E-state index contributed by atoms with van der Waals surface area (Å²) in [4.78, 5) is 0. The van der Waals surface area contributed by atoms with Crippen molar-refractivity contribution in [3.05, 3.63) is 6.42 Å². The van der Waals surface area contributed by atoms with Gasteiger partial charge in [0.2, 0.25) is 0 Å². The highest BCUT2D eigenvalue weighted by molar-refractivity contribution is 9.11. The molecule has 2 unspecified atom stereocenters. The minimum Gasteiger partial charge on any atom is -0.0846 e. The van der Waals surface area contributed by atoms with E-state index >= 15 is 0 Å². The minimum atomic E-state index is 0.328. The molecule has 0 aliphatic heterocycles. The Bertz CT molecular complexity index is 182. The summed E-state index contributed by atoms with van der Waals surface area (Å²) in [5.41, 5.74) is 0. The van der Waals surface area contributed by atoms with Gasteiger partial charge in [0.1, 0.15) is 0 Å². The van der Waals surface area contributed by atoms with Crippen LogP contribution in [0.15, 0.2) is 0 Å². The van der Waals surface area contributed by atoms with Crippen LogP contribution in [0.1, 0.15) is 25.7 Å². The summed E-state index contributed by atoms with van der Waals surface area (Å²) in [5, 5.41) is 0. The minimum absolute atomic E-state index is 0.328. The Morgan fingerprint density at radius 3 is 2.18 bits per heavy atom. The lowest BCUT2D eigenvalue weighted by Crippen LogP contribution is -2.63. The lowest BCUT2D eigenvalue weighted by molar-refractivity contribution is 0.0658. The van der Waals surface area contributed by atoms with E-state index in [0.717, 1.165) is 18.3 Å². The van der Waals surface area contributed by atoms with Gasteiger partial charge in [-0.1, -0.05) is 38.3 Å². The molecule has 0 heterocycles. The quantitative estimate of drug-likeness (QED) is 0.597. The molecule has 2 radical (unpaired) electrons. The maximum absolute atomic E-state index is 3.89. The number of hydrogen-bond acceptors (Lipinski definition) is 0. The molecule has 0 saturated heterocycles. The predicted molar refractivity (Wildman–Crippen MR) is 52.0 cm³/mol. The Labute approximate surface area is 84.4 Å². The Balaban J connectivity index is 2.05. The second kappa shape index (κ2) is 1.89. The Morgan fingerprint density at radius 1 is 1.18 bits per heavy atom. The first-order valence-electron chi connectivity index (χ1n) is 4.31. The number of halogens is 2. The van der Waals surface area contributed by atoms with Gasteiger partial charge in [-0.25, -0.2) is 0 Å². The molecule has 2 heteroatoms. The van der Waals surface area contributed by atoms with Crippen LogP contribution in [0.4, 0.5) is 0 Å². The van der Waals surface area contributed by atoms with Gasteiger partial charge in [-0.3, -0.25) is 0 Å². The summed E-state index contributed by atoms with van der Waals surface area (Å²) >= 11 is 7.74. The number of fused-ring (bicyclic) bond motifs is 1. The molecule has 4 aliphatic rings. The maximum Gasteiger partial charge on any atom is 0.0409 e. The van der Waals surface area contributed by atoms with Crippen molar-refractivity contribution in [3.63, 3.8) is 0 Å². The van der Waals surface area contributed by atoms with Crippen molar-refractivity contribution in [1.82, 2.24) is 0 Å². The van der Waals surface area contributed by atoms with Gasteiger partial charge in [0, 0.05) is 15.1 Å². The van der Waals surface area contributed by atoms with Crippen LogP contribution in [0, 0.1) is 18.3 Å². The van der Waals surface area contributed by atoms with Crippen molar-refractivity contribution < 1.29 is 0 Å². The van der Waals surface area contributed by atoms with E-state index in [-0.39, 0.29) is 0 Å². The van der Waals surface area contributed by atoms with E-state index in [1.165, 1.54) is 19.3 Å². The summed E-state index contributed by atoms with van der Waals surface area (Å²) in [6, 6.07) is 0. The number of rotatable bonds is 0. The van der Waals surface area contributed by atoms with E-state index in [0.29, 0.717) is 8.65 Å².